The summed E-state index contributed by atoms with van der Waals surface area (Å²) in [4.78, 5) is 10.9. The van der Waals surface area contributed by atoms with Crippen molar-refractivity contribution >= 4 is 5.97 Å². The van der Waals surface area contributed by atoms with Gasteiger partial charge in [0.2, 0.25) is 0 Å². The summed E-state index contributed by atoms with van der Waals surface area (Å²) in [7, 11) is 3.22. The number of carboxylic acids is 1. The molecule has 35 heavy (non-hydrogen) atoms. The second-order valence-corrected chi connectivity index (χ2v) is 9.58. The van der Waals surface area contributed by atoms with Gasteiger partial charge in [0, 0.05) is 19.1 Å². The molecule has 0 amide bonds. The lowest BCUT2D eigenvalue weighted by Crippen LogP contribution is -2.21. The molecule has 0 saturated heterocycles. The Bertz CT molecular complexity index is 1170. The maximum atomic E-state index is 14.9. The molecule has 1 N–H and O–H groups in total. The van der Waals surface area contributed by atoms with Gasteiger partial charge in [-0.1, -0.05) is 45.0 Å². The average molecular weight is 481 g/mol. The van der Waals surface area contributed by atoms with Crippen LogP contribution in [-0.4, -0.2) is 25.3 Å². The SMILES string of the molecule is COc1ccc(F)c(-c2ccc(COc3cccc(CCC(=O)O)c3)cc2C(OC)C(C)(C)C)c1. The van der Waals surface area contributed by atoms with Gasteiger partial charge in [0.15, 0.2) is 0 Å². The van der Waals surface area contributed by atoms with E-state index in [1.54, 1.807) is 26.4 Å². The van der Waals surface area contributed by atoms with Crippen molar-refractivity contribution in [3.05, 3.63) is 83.2 Å². The molecule has 3 aromatic rings. The number of carboxylic acid groups (broad SMARTS) is 1. The molecule has 0 saturated carbocycles. The number of hydrogen-bond donors (Lipinski definition) is 1. The van der Waals surface area contributed by atoms with Gasteiger partial charge in [-0.15, -0.1) is 0 Å². The number of rotatable bonds is 10. The lowest BCUT2D eigenvalue weighted by molar-refractivity contribution is -0.136. The molecule has 1 unspecified atom stereocenters. The van der Waals surface area contributed by atoms with Gasteiger partial charge in [0.1, 0.15) is 23.9 Å². The van der Waals surface area contributed by atoms with Gasteiger partial charge < -0.3 is 19.3 Å². The second-order valence-electron chi connectivity index (χ2n) is 9.58. The van der Waals surface area contributed by atoms with Gasteiger partial charge in [0.05, 0.1) is 13.2 Å². The van der Waals surface area contributed by atoms with Gasteiger partial charge in [-0.25, -0.2) is 4.39 Å². The summed E-state index contributed by atoms with van der Waals surface area (Å²) < 4.78 is 32.1. The topological polar surface area (TPSA) is 65.0 Å². The van der Waals surface area contributed by atoms with Crippen LogP contribution in [0.1, 0.15) is 50.0 Å². The number of hydrogen-bond acceptors (Lipinski definition) is 4. The van der Waals surface area contributed by atoms with E-state index in [0.717, 1.165) is 22.3 Å². The predicted molar refractivity (Wildman–Crippen MR) is 134 cm³/mol. The van der Waals surface area contributed by atoms with Crippen molar-refractivity contribution < 1.29 is 28.5 Å². The molecule has 0 fully saturated rings. The molecule has 0 aromatic heterocycles. The van der Waals surface area contributed by atoms with Gasteiger partial charge in [-0.2, -0.15) is 0 Å². The van der Waals surface area contributed by atoms with E-state index in [4.69, 9.17) is 19.3 Å². The third kappa shape index (κ3) is 6.83. The molecule has 3 aromatic carbocycles. The highest BCUT2D eigenvalue weighted by Gasteiger charge is 2.29. The van der Waals surface area contributed by atoms with Crippen LogP contribution in [0, 0.1) is 11.2 Å². The van der Waals surface area contributed by atoms with E-state index < -0.39 is 5.97 Å². The normalized spacial score (nSPS) is 12.3. The smallest absolute Gasteiger partial charge is 0.303 e. The number of carbonyl (C=O) groups is 1. The number of aliphatic carboxylic acids is 1. The molecular weight excluding hydrogens is 447 g/mol. The lowest BCUT2D eigenvalue weighted by atomic mass is 9.81. The van der Waals surface area contributed by atoms with Crippen molar-refractivity contribution in [2.45, 2.75) is 46.3 Å². The van der Waals surface area contributed by atoms with Crippen molar-refractivity contribution in [3.63, 3.8) is 0 Å². The molecule has 6 heteroatoms. The quantitative estimate of drug-likeness (QED) is 0.344. The highest BCUT2D eigenvalue weighted by molar-refractivity contribution is 5.70. The summed E-state index contributed by atoms with van der Waals surface area (Å²) in [5.41, 5.74) is 3.63. The zero-order chi connectivity index (χ0) is 25.6. The first-order valence-corrected chi connectivity index (χ1v) is 11.6. The Balaban J connectivity index is 1.94. The van der Waals surface area contributed by atoms with Crippen molar-refractivity contribution in [2.24, 2.45) is 5.41 Å². The number of aryl methyl sites for hydroxylation is 1. The lowest BCUT2D eigenvalue weighted by Gasteiger charge is -2.32. The van der Waals surface area contributed by atoms with Crippen LogP contribution in [-0.2, 0) is 22.6 Å². The molecule has 0 aliphatic heterocycles. The highest BCUT2D eigenvalue weighted by atomic mass is 19.1. The van der Waals surface area contributed by atoms with Crippen molar-refractivity contribution in [1.82, 2.24) is 0 Å². The number of benzene rings is 3. The van der Waals surface area contributed by atoms with Gasteiger partial charge in [-0.05, 0) is 70.5 Å². The maximum absolute atomic E-state index is 14.9. The Hall–Kier alpha value is -3.38. The van der Waals surface area contributed by atoms with Crippen molar-refractivity contribution in [2.75, 3.05) is 14.2 Å². The second kappa shape index (κ2) is 11.4. The van der Waals surface area contributed by atoms with E-state index in [-0.39, 0.29) is 23.8 Å². The summed E-state index contributed by atoms with van der Waals surface area (Å²) in [5.74, 6) is 0.0738. The largest absolute Gasteiger partial charge is 0.497 e. The van der Waals surface area contributed by atoms with Crippen LogP contribution in [0.3, 0.4) is 0 Å². The standard InChI is InChI=1S/C29H33FO5/c1-29(2,3)28(34-5)25-16-20(9-12-23(25)24-17-21(33-4)11-13-26(24)30)18-35-22-8-6-7-19(15-22)10-14-27(31)32/h6-9,11-13,15-17,28H,10,14,18H2,1-5H3,(H,31,32). The maximum Gasteiger partial charge on any atom is 0.303 e. The molecule has 0 bridgehead atoms. The fraction of sp³-hybridized carbons (Fsp3) is 0.345. The molecule has 0 aliphatic carbocycles. The van der Waals surface area contributed by atoms with Crippen LogP contribution in [0.25, 0.3) is 11.1 Å². The zero-order valence-corrected chi connectivity index (χ0v) is 20.9. The number of methoxy groups -OCH3 is 2. The molecule has 3 rings (SSSR count). The van der Waals surface area contributed by atoms with Crippen molar-refractivity contribution in [1.29, 1.82) is 0 Å². The van der Waals surface area contributed by atoms with Crippen LogP contribution in [0.15, 0.2) is 60.7 Å². The molecule has 0 heterocycles. The molecule has 1 atom stereocenters. The minimum Gasteiger partial charge on any atom is -0.497 e. The Kier molecular flexibility index (Phi) is 8.52. The third-order valence-electron chi connectivity index (χ3n) is 5.82. The van der Waals surface area contributed by atoms with E-state index in [2.05, 4.69) is 20.8 Å². The monoisotopic (exact) mass is 480 g/mol. The van der Waals surface area contributed by atoms with Crippen LogP contribution >= 0.6 is 0 Å². The average Bonchev–Trinajstić information content (AvgIpc) is 2.82. The summed E-state index contributed by atoms with van der Waals surface area (Å²) in [6, 6.07) is 18.0. The van der Waals surface area contributed by atoms with Gasteiger partial charge in [0.25, 0.3) is 0 Å². The van der Waals surface area contributed by atoms with Gasteiger partial charge in [-0.3, -0.25) is 4.79 Å². The van der Waals surface area contributed by atoms with E-state index >= 15 is 0 Å². The predicted octanol–water partition coefficient (Wildman–Crippen LogP) is 6.83. The van der Waals surface area contributed by atoms with Crippen LogP contribution < -0.4 is 9.47 Å². The first kappa shape index (κ1) is 26.2. The fourth-order valence-electron chi connectivity index (χ4n) is 4.16. The van der Waals surface area contributed by atoms with E-state index in [0.29, 0.717) is 30.1 Å². The van der Waals surface area contributed by atoms with E-state index in [1.807, 2.05) is 42.5 Å². The van der Waals surface area contributed by atoms with Crippen LogP contribution in [0.5, 0.6) is 11.5 Å². The van der Waals surface area contributed by atoms with Crippen LogP contribution in [0.2, 0.25) is 0 Å². The molecular formula is C29H33FO5. The molecule has 5 nitrogen and oxygen atoms in total. The fourth-order valence-corrected chi connectivity index (χ4v) is 4.16. The van der Waals surface area contributed by atoms with Crippen LogP contribution in [0.4, 0.5) is 4.39 Å². The molecule has 0 spiro atoms. The number of ether oxygens (including phenoxy) is 3. The zero-order valence-electron chi connectivity index (χ0n) is 20.9. The summed E-state index contributed by atoms with van der Waals surface area (Å²) in [5, 5.41) is 8.92. The third-order valence-corrected chi connectivity index (χ3v) is 5.82. The summed E-state index contributed by atoms with van der Waals surface area (Å²) >= 11 is 0. The highest BCUT2D eigenvalue weighted by Crippen LogP contribution is 2.42. The first-order chi connectivity index (χ1) is 16.6. The molecule has 0 radical (unpaired) electrons. The Morgan fingerprint density at radius 1 is 0.943 bits per heavy atom. The Morgan fingerprint density at radius 3 is 2.37 bits per heavy atom. The Labute approximate surface area is 206 Å². The summed E-state index contributed by atoms with van der Waals surface area (Å²) in [6.07, 6.45) is 0.223. The van der Waals surface area contributed by atoms with Crippen molar-refractivity contribution in [3.8, 4) is 22.6 Å². The van der Waals surface area contributed by atoms with E-state index in [9.17, 15) is 9.18 Å². The minimum absolute atomic E-state index is 0.0698. The summed E-state index contributed by atoms with van der Waals surface area (Å²) in [6.45, 7) is 6.55. The van der Waals surface area contributed by atoms with E-state index in [1.165, 1.54) is 6.07 Å². The minimum atomic E-state index is -0.831. The first-order valence-electron chi connectivity index (χ1n) is 11.6. The Morgan fingerprint density at radius 2 is 1.71 bits per heavy atom. The molecule has 186 valence electrons. The number of halogens is 1. The van der Waals surface area contributed by atoms with Gasteiger partial charge >= 0.3 is 5.97 Å². The molecule has 0 aliphatic rings.